The summed E-state index contributed by atoms with van der Waals surface area (Å²) in [5.41, 5.74) is -4.02. The van der Waals surface area contributed by atoms with Gasteiger partial charge in [0.15, 0.2) is 23.1 Å². The van der Waals surface area contributed by atoms with Crippen LogP contribution in [0.2, 0.25) is 0 Å². The number of halogens is 4. The second kappa shape index (κ2) is 15.2. The highest BCUT2D eigenvalue weighted by molar-refractivity contribution is 6.02. The van der Waals surface area contributed by atoms with Crippen molar-refractivity contribution in [3.8, 4) is 28.7 Å². The largest absolute Gasteiger partial charge is 0.493 e. The Morgan fingerprint density at radius 3 is 2.50 bits per heavy atom. The fraction of sp³-hybridized carbons (Fsp3) is 0.286. The number of hydrogen-bond donors (Lipinski definition) is 1. The van der Waals surface area contributed by atoms with Gasteiger partial charge in [-0.2, -0.15) is 23.0 Å². The first kappa shape index (κ1) is 36.0. The molecule has 2 aromatic heterocycles. The molecule has 3 aromatic carbocycles. The molecule has 1 amide bonds. The van der Waals surface area contributed by atoms with Crippen LogP contribution in [0, 0.1) is 5.82 Å². The van der Waals surface area contributed by atoms with E-state index in [9.17, 15) is 27.6 Å². The van der Waals surface area contributed by atoms with Gasteiger partial charge in [0.05, 0.1) is 43.7 Å². The van der Waals surface area contributed by atoms with E-state index >= 15 is 4.39 Å². The highest BCUT2D eigenvalue weighted by atomic mass is 19.4. The van der Waals surface area contributed by atoms with Crippen LogP contribution >= 0.6 is 0 Å². The lowest BCUT2D eigenvalue weighted by Gasteiger charge is -2.26. The number of carbonyl (C=O) groups excluding carboxylic acids is 1. The number of nitrogens with zero attached hydrogens (tertiary/aromatic N) is 5. The molecule has 52 heavy (non-hydrogen) atoms. The van der Waals surface area contributed by atoms with Crippen LogP contribution in [0.4, 0.5) is 23.2 Å². The van der Waals surface area contributed by atoms with Crippen molar-refractivity contribution < 1.29 is 41.3 Å². The second-order valence-electron chi connectivity index (χ2n) is 11.6. The van der Waals surface area contributed by atoms with Gasteiger partial charge in [-0.05, 0) is 48.9 Å². The van der Waals surface area contributed by atoms with Crippen LogP contribution < -0.4 is 30.8 Å². The Morgan fingerprint density at radius 1 is 0.981 bits per heavy atom. The molecule has 0 aliphatic carbocycles. The molecule has 0 spiro atoms. The average Bonchev–Trinajstić information content (AvgIpc) is 3.13. The summed E-state index contributed by atoms with van der Waals surface area (Å²) in [7, 11) is 2.54. The lowest BCUT2D eigenvalue weighted by Crippen LogP contribution is -2.43. The van der Waals surface area contributed by atoms with Crippen molar-refractivity contribution in [2.24, 2.45) is 7.05 Å². The average molecular weight is 725 g/mol. The maximum atomic E-state index is 15.4. The molecule has 1 fully saturated rings. The Morgan fingerprint density at radius 2 is 1.77 bits per heavy atom. The third kappa shape index (κ3) is 7.89. The maximum absolute atomic E-state index is 15.4. The zero-order chi connectivity index (χ0) is 37.0. The third-order valence-corrected chi connectivity index (χ3v) is 8.19. The molecule has 1 aliphatic rings. The molecule has 0 unspecified atom stereocenters. The molecule has 17 heteroatoms. The van der Waals surface area contributed by atoms with Crippen LogP contribution in [0.25, 0.3) is 16.6 Å². The highest BCUT2D eigenvalue weighted by Crippen LogP contribution is 2.38. The number of aromatic nitrogens is 4. The zero-order valence-electron chi connectivity index (χ0n) is 27.9. The number of amides is 1. The Bertz CT molecular complexity index is 2240. The summed E-state index contributed by atoms with van der Waals surface area (Å²) in [6, 6.07) is 12.1. The molecule has 3 heterocycles. The van der Waals surface area contributed by atoms with Crippen molar-refractivity contribution >= 4 is 22.5 Å². The van der Waals surface area contributed by atoms with E-state index in [4.69, 9.17) is 18.9 Å². The minimum Gasteiger partial charge on any atom is -0.493 e. The summed E-state index contributed by atoms with van der Waals surface area (Å²) in [6.45, 7) is 4.53. The molecular formula is C35H32F4N6O7. The van der Waals surface area contributed by atoms with Crippen LogP contribution in [-0.4, -0.2) is 76.7 Å². The van der Waals surface area contributed by atoms with Crippen molar-refractivity contribution in [1.29, 1.82) is 0 Å². The van der Waals surface area contributed by atoms with Gasteiger partial charge < -0.3 is 24.3 Å². The first-order chi connectivity index (χ1) is 24.9. The fourth-order valence-corrected chi connectivity index (χ4v) is 5.45. The van der Waals surface area contributed by atoms with E-state index in [1.807, 2.05) is 0 Å². The number of nitrogens with one attached hydrogen (secondary N) is 1. The molecule has 1 aliphatic heterocycles. The number of fused-ring (bicyclic) bond motifs is 1. The van der Waals surface area contributed by atoms with Gasteiger partial charge in [0.1, 0.15) is 5.75 Å². The van der Waals surface area contributed by atoms with E-state index < -0.39 is 40.4 Å². The number of rotatable bonds is 11. The van der Waals surface area contributed by atoms with Gasteiger partial charge in [-0.1, -0.05) is 6.07 Å². The molecule has 0 saturated carbocycles. The van der Waals surface area contributed by atoms with Crippen molar-refractivity contribution in [3.05, 3.63) is 105 Å². The summed E-state index contributed by atoms with van der Waals surface area (Å²) in [5.74, 6) is -1.07. The van der Waals surface area contributed by atoms with E-state index in [1.54, 1.807) is 18.2 Å². The summed E-state index contributed by atoms with van der Waals surface area (Å²) in [6.07, 6.45) is -2.43. The Hall–Kier alpha value is -5.81. The van der Waals surface area contributed by atoms with Crippen LogP contribution in [0.15, 0.2) is 76.4 Å². The van der Waals surface area contributed by atoms with Crippen molar-refractivity contribution in [3.63, 3.8) is 0 Å². The van der Waals surface area contributed by atoms with Crippen LogP contribution in [-0.2, 0) is 18.0 Å². The molecule has 6 rings (SSSR count). The summed E-state index contributed by atoms with van der Waals surface area (Å²) < 4.78 is 79.1. The van der Waals surface area contributed by atoms with Crippen LogP contribution in [0.5, 0.6) is 23.0 Å². The van der Waals surface area contributed by atoms with E-state index in [0.29, 0.717) is 44.3 Å². The van der Waals surface area contributed by atoms with Gasteiger partial charge in [0, 0.05) is 56.1 Å². The lowest BCUT2D eigenvalue weighted by molar-refractivity contribution is -0.137. The quantitative estimate of drug-likeness (QED) is 0.150. The minimum atomic E-state index is -4.72. The number of alkyl halides is 3. The number of anilines is 1. The van der Waals surface area contributed by atoms with Crippen LogP contribution in [0.1, 0.15) is 22.5 Å². The first-order valence-corrected chi connectivity index (χ1v) is 16.0. The number of morpholine rings is 1. The number of pyridine rings is 1. The van der Waals surface area contributed by atoms with E-state index in [2.05, 4.69) is 20.3 Å². The lowest BCUT2D eigenvalue weighted by atomic mass is 10.1. The molecule has 0 bridgehead atoms. The van der Waals surface area contributed by atoms with Crippen molar-refractivity contribution in [2.45, 2.75) is 12.6 Å². The monoisotopic (exact) mass is 724 g/mol. The second-order valence-corrected chi connectivity index (χ2v) is 11.6. The molecule has 1 N–H and O–H groups in total. The van der Waals surface area contributed by atoms with Crippen molar-refractivity contribution in [1.82, 2.24) is 24.2 Å². The predicted octanol–water partition coefficient (Wildman–Crippen LogP) is 4.79. The number of ether oxygens (including phenoxy) is 4. The molecule has 13 nitrogen and oxygen atoms in total. The number of benzene rings is 3. The zero-order valence-corrected chi connectivity index (χ0v) is 27.9. The molecular weight excluding hydrogens is 692 g/mol. The van der Waals surface area contributed by atoms with E-state index in [1.165, 1.54) is 25.4 Å². The van der Waals surface area contributed by atoms with E-state index in [-0.39, 0.29) is 22.9 Å². The van der Waals surface area contributed by atoms with Gasteiger partial charge >= 0.3 is 11.9 Å². The number of carbonyl (C=O) groups is 1. The summed E-state index contributed by atoms with van der Waals surface area (Å²) in [4.78, 5) is 45.3. The van der Waals surface area contributed by atoms with Gasteiger partial charge in [-0.15, -0.1) is 0 Å². The smallest absolute Gasteiger partial charge is 0.416 e. The standard InChI is InChI=1S/C35H32F4N6O7/c1-43-33(47)31(42-45(34(43)48)23-6-3-5-21(17-23)35(37,38)39)32(46)41-22-7-8-28(25(36)18-22)52-27-9-10-40-26-20-30(29(49-2)19-24(26)27)51-14-4-11-44-12-15-50-16-13-44/h3,5-10,17-20H,4,11-16H2,1-2H3,(H,41,46). The molecule has 5 aromatic rings. The summed E-state index contributed by atoms with van der Waals surface area (Å²) >= 11 is 0. The number of methoxy groups -OCH3 is 1. The topological polar surface area (TPSA) is 139 Å². The molecule has 272 valence electrons. The first-order valence-electron chi connectivity index (χ1n) is 16.0. The summed E-state index contributed by atoms with van der Waals surface area (Å²) in [5, 5.41) is 6.59. The van der Waals surface area contributed by atoms with E-state index in [0.717, 1.165) is 70.6 Å². The Balaban J connectivity index is 1.18. The van der Waals surface area contributed by atoms with Crippen LogP contribution in [0.3, 0.4) is 0 Å². The highest BCUT2D eigenvalue weighted by Gasteiger charge is 2.31. The van der Waals surface area contributed by atoms with Crippen molar-refractivity contribution in [2.75, 3.05) is 51.9 Å². The predicted molar refractivity (Wildman–Crippen MR) is 180 cm³/mol. The Labute approximate surface area is 292 Å². The van der Waals surface area contributed by atoms with Gasteiger partial charge in [0.25, 0.3) is 11.5 Å². The molecule has 1 saturated heterocycles. The maximum Gasteiger partial charge on any atom is 0.416 e. The molecule has 0 radical (unpaired) electrons. The molecule has 0 atom stereocenters. The van der Waals surface area contributed by atoms with Gasteiger partial charge in [0.2, 0.25) is 5.69 Å². The third-order valence-electron chi connectivity index (χ3n) is 8.19. The SMILES string of the molecule is COc1cc2c(Oc3ccc(NC(=O)c4nn(-c5cccc(C(F)(F)F)c5)c(=O)n(C)c4=O)cc3F)ccnc2cc1OCCCN1CCOCC1. The van der Waals surface area contributed by atoms with Gasteiger partial charge in [-0.25, -0.2) is 9.18 Å². The fourth-order valence-electron chi connectivity index (χ4n) is 5.45. The Kier molecular flexibility index (Phi) is 10.5. The number of hydrogen-bond acceptors (Lipinski definition) is 10. The van der Waals surface area contributed by atoms with Gasteiger partial charge in [-0.3, -0.25) is 24.0 Å². The minimum absolute atomic E-state index is 0.104. The normalized spacial score (nSPS) is 13.6.